The first kappa shape index (κ1) is 14.0. The number of hydrogen-bond acceptors (Lipinski definition) is 2. The van der Waals surface area contributed by atoms with E-state index < -0.39 is 0 Å². The molecule has 1 rings (SSSR count). The Bertz CT molecular complexity index is 200. The second-order valence-electron chi connectivity index (χ2n) is 7.28. The second kappa shape index (κ2) is 4.66. The maximum absolute atomic E-state index is 6.00. The second-order valence-corrected chi connectivity index (χ2v) is 7.28. The lowest BCUT2D eigenvalue weighted by molar-refractivity contribution is -0.0206. The third-order valence-electron chi connectivity index (χ3n) is 3.55. The molecule has 0 unspecified atom stereocenters. The van der Waals surface area contributed by atoms with E-state index >= 15 is 0 Å². The zero-order chi connectivity index (χ0) is 12.6. The lowest BCUT2D eigenvalue weighted by Gasteiger charge is -2.51. The van der Waals surface area contributed by atoms with E-state index in [4.69, 9.17) is 5.73 Å². The third-order valence-corrected chi connectivity index (χ3v) is 3.55. The van der Waals surface area contributed by atoms with E-state index in [0.29, 0.717) is 12.1 Å². The van der Waals surface area contributed by atoms with Crippen molar-refractivity contribution in [3.63, 3.8) is 0 Å². The zero-order valence-corrected chi connectivity index (χ0v) is 12.0. The quantitative estimate of drug-likeness (QED) is 0.744. The van der Waals surface area contributed by atoms with Crippen LogP contribution >= 0.6 is 0 Å². The van der Waals surface area contributed by atoms with Crippen LogP contribution in [-0.2, 0) is 0 Å². The smallest absolute Gasteiger partial charge is 0.0133 e. The van der Waals surface area contributed by atoms with Crippen LogP contribution < -0.4 is 5.73 Å². The predicted molar refractivity (Wildman–Crippen MR) is 71.6 cm³/mol. The van der Waals surface area contributed by atoms with Crippen molar-refractivity contribution >= 4 is 0 Å². The van der Waals surface area contributed by atoms with Crippen LogP contribution in [0.4, 0.5) is 0 Å². The Labute approximate surface area is 102 Å². The summed E-state index contributed by atoms with van der Waals surface area (Å²) in [6.07, 6.45) is 4.89. The molecule has 16 heavy (non-hydrogen) atoms. The SMILES string of the molecule is CC(C)(C)N(C1CCC(N)CC1)C(C)(C)C. The molecule has 0 spiro atoms. The van der Waals surface area contributed by atoms with Crippen molar-refractivity contribution in [2.45, 2.75) is 90.4 Å². The summed E-state index contributed by atoms with van der Waals surface area (Å²) < 4.78 is 0. The Morgan fingerprint density at radius 3 is 1.50 bits per heavy atom. The van der Waals surface area contributed by atoms with Gasteiger partial charge in [-0.2, -0.15) is 0 Å². The maximum atomic E-state index is 6.00. The standard InChI is InChI=1S/C14H30N2/c1-13(2,3)16(14(4,5)6)12-9-7-11(15)8-10-12/h11-12H,7-10,15H2,1-6H3. The van der Waals surface area contributed by atoms with E-state index in [1.807, 2.05) is 0 Å². The van der Waals surface area contributed by atoms with Gasteiger partial charge in [-0.25, -0.2) is 0 Å². The predicted octanol–water partition coefficient (Wildman–Crippen LogP) is 3.16. The summed E-state index contributed by atoms with van der Waals surface area (Å²) in [6, 6.07) is 1.15. The summed E-state index contributed by atoms with van der Waals surface area (Å²) in [5.74, 6) is 0. The van der Waals surface area contributed by atoms with Gasteiger partial charge in [0.05, 0.1) is 0 Å². The van der Waals surface area contributed by atoms with Crippen LogP contribution in [0.5, 0.6) is 0 Å². The van der Waals surface area contributed by atoms with Crippen LogP contribution in [0.1, 0.15) is 67.2 Å². The van der Waals surface area contributed by atoms with E-state index in [-0.39, 0.29) is 11.1 Å². The van der Waals surface area contributed by atoms with Gasteiger partial charge in [0.25, 0.3) is 0 Å². The molecular weight excluding hydrogens is 196 g/mol. The van der Waals surface area contributed by atoms with Gasteiger partial charge in [-0.3, -0.25) is 4.90 Å². The molecule has 0 atom stereocenters. The molecule has 0 bridgehead atoms. The van der Waals surface area contributed by atoms with E-state index in [1.165, 1.54) is 25.7 Å². The van der Waals surface area contributed by atoms with Crippen molar-refractivity contribution in [2.24, 2.45) is 5.73 Å². The van der Waals surface area contributed by atoms with Crippen molar-refractivity contribution in [1.82, 2.24) is 4.90 Å². The largest absolute Gasteiger partial charge is 0.328 e. The summed E-state index contributed by atoms with van der Waals surface area (Å²) in [5.41, 5.74) is 6.48. The Morgan fingerprint density at radius 2 is 1.19 bits per heavy atom. The molecular formula is C14H30N2. The molecule has 2 heteroatoms. The Hall–Kier alpha value is -0.0800. The molecule has 0 aliphatic heterocycles. The van der Waals surface area contributed by atoms with E-state index in [1.54, 1.807) is 0 Å². The summed E-state index contributed by atoms with van der Waals surface area (Å²) in [4.78, 5) is 2.69. The summed E-state index contributed by atoms with van der Waals surface area (Å²) in [6.45, 7) is 14.0. The monoisotopic (exact) mass is 226 g/mol. The van der Waals surface area contributed by atoms with Crippen molar-refractivity contribution in [3.05, 3.63) is 0 Å². The van der Waals surface area contributed by atoms with Crippen LogP contribution in [-0.4, -0.2) is 28.1 Å². The zero-order valence-electron chi connectivity index (χ0n) is 12.0. The Balaban J connectivity index is 2.78. The molecule has 1 saturated carbocycles. The summed E-state index contributed by atoms with van der Waals surface area (Å²) in [7, 11) is 0. The average molecular weight is 226 g/mol. The molecule has 0 aromatic rings. The van der Waals surface area contributed by atoms with Crippen LogP contribution in [0.15, 0.2) is 0 Å². The summed E-state index contributed by atoms with van der Waals surface area (Å²) >= 11 is 0. The first-order chi connectivity index (χ1) is 7.12. The lowest BCUT2D eigenvalue weighted by Crippen LogP contribution is -2.58. The van der Waals surface area contributed by atoms with Crippen LogP contribution in [0.25, 0.3) is 0 Å². The maximum Gasteiger partial charge on any atom is 0.0133 e. The minimum Gasteiger partial charge on any atom is -0.328 e. The van der Waals surface area contributed by atoms with Crippen molar-refractivity contribution in [2.75, 3.05) is 0 Å². The molecule has 0 radical (unpaired) electrons. The number of hydrogen-bond donors (Lipinski definition) is 1. The van der Waals surface area contributed by atoms with Gasteiger partial charge in [0, 0.05) is 23.2 Å². The highest BCUT2D eigenvalue weighted by atomic mass is 15.3. The van der Waals surface area contributed by atoms with Crippen LogP contribution in [0.2, 0.25) is 0 Å². The molecule has 96 valence electrons. The van der Waals surface area contributed by atoms with Gasteiger partial charge in [0.1, 0.15) is 0 Å². The highest BCUT2D eigenvalue weighted by Gasteiger charge is 2.38. The van der Waals surface area contributed by atoms with Crippen molar-refractivity contribution in [1.29, 1.82) is 0 Å². The van der Waals surface area contributed by atoms with Gasteiger partial charge >= 0.3 is 0 Å². The number of nitrogens with zero attached hydrogens (tertiary/aromatic N) is 1. The fraction of sp³-hybridized carbons (Fsp3) is 1.00. The van der Waals surface area contributed by atoms with Gasteiger partial charge in [-0.05, 0) is 67.2 Å². The summed E-state index contributed by atoms with van der Waals surface area (Å²) in [5, 5.41) is 0. The fourth-order valence-electron chi connectivity index (χ4n) is 3.46. The van der Waals surface area contributed by atoms with E-state index in [2.05, 4.69) is 46.4 Å². The lowest BCUT2D eigenvalue weighted by atomic mass is 9.84. The van der Waals surface area contributed by atoms with Crippen molar-refractivity contribution < 1.29 is 0 Å². The van der Waals surface area contributed by atoms with E-state index in [9.17, 15) is 0 Å². The molecule has 0 aromatic heterocycles. The fourth-order valence-corrected chi connectivity index (χ4v) is 3.46. The van der Waals surface area contributed by atoms with Gasteiger partial charge in [0.2, 0.25) is 0 Å². The first-order valence-corrected chi connectivity index (χ1v) is 6.67. The van der Waals surface area contributed by atoms with E-state index in [0.717, 1.165) is 0 Å². The normalized spacial score (nSPS) is 28.5. The average Bonchev–Trinajstić information content (AvgIpc) is 2.03. The molecule has 0 heterocycles. The highest BCUT2D eigenvalue weighted by Crippen LogP contribution is 2.33. The number of nitrogens with two attached hydrogens (primary N) is 1. The first-order valence-electron chi connectivity index (χ1n) is 6.67. The van der Waals surface area contributed by atoms with Crippen LogP contribution in [0.3, 0.4) is 0 Å². The molecule has 0 amide bonds. The molecule has 1 aliphatic rings. The van der Waals surface area contributed by atoms with Gasteiger partial charge in [-0.15, -0.1) is 0 Å². The van der Waals surface area contributed by atoms with Crippen molar-refractivity contribution in [3.8, 4) is 0 Å². The third kappa shape index (κ3) is 3.46. The molecule has 0 aromatic carbocycles. The van der Waals surface area contributed by atoms with Gasteiger partial charge in [-0.1, -0.05) is 0 Å². The highest BCUT2D eigenvalue weighted by molar-refractivity contribution is 4.94. The Morgan fingerprint density at radius 1 is 0.812 bits per heavy atom. The Kier molecular flexibility index (Phi) is 4.07. The van der Waals surface area contributed by atoms with Crippen LogP contribution in [0, 0.1) is 0 Å². The molecule has 1 fully saturated rings. The molecule has 2 nitrogen and oxygen atoms in total. The molecule has 2 N–H and O–H groups in total. The molecule has 0 saturated heterocycles. The number of rotatable bonds is 1. The minimum atomic E-state index is 0.240. The van der Waals surface area contributed by atoms with Gasteiger partial charge < -0.3 is 5.73 Å². The minimum absolute atomic E-state index is 0.240. The topological polar surface area (TPSA) is 29.3 Å². The molecule has 1 aliphatic carbocycles. The van der Waals surface area contributed by atoms with Gasteiger partial charge in [0.15, 0.2) is 0 Å².